The zero-order chi connectivity index (χ0) is 24.9. The first-order chi connectivity index (χ1) is 17.3. The van der Waals surface area contributed by atoms with E-state index in [9.17, 15) is 9.90 Å². The predicted octanol–water partition coefficient (Wildman–Crippen LogP) is 4.01. The molecule has 36 heavy (non-hydrogen) atoms. The Kier molecular flexibility index (Phi) is 5.96. The second-order valence-corrected chi connectivity index (χ2v) is 11.4. The van der Waals surface area contributed by atoms with Crippen molar-refractivity contribution in [3.63, 3.8) is 0 Å². The van der Waals surface area contributed by atoms with Crippen molar-refractivity contribution in [2.24, 2.45) is 5.92 Å². The van der Waals surface area contributed by atoms with Gasteiger partial charge in [-0.15, -0.1) is 0 Å². The number of hydrogen-bond acceptors (Lipinski definition) is 6. The molecule has 3 aliphatic rings. The molecule has 3 aliphatic carbocycles. The number of carbonyl (C=O) groups excluding carboxylic acids is 1. The fourth-order valence-corrected chi connectivity index (χ4v) is 5.85. The molecule has 0 bridgehead atoms. The number of amides is 1. The first-order valence-electron chi connectivity index (χ1n) is 13.4. The third-order valence-corrected chi connectivity index (χ3v) is 7.92. The van der Waals surface area contributed by atoms with Crippen LogP contribution in [0.2, 0.25) is 0 Å². The highest BCUT2D eigenvalue weighted by Crippen LogP contribution is 2.38. The van der Waals surface area contributed by atoms with Crippen LogP contribution in [0.3, 0.4) is 0 Å². The molecule has 0 aliphatic heterocycles. The van der Waals surface area contributed by atoms with E-state index < -0.39 is 5.60 Å². The summed E-state index contributed by atoms with van der Waals surface area (Å²) in [7, 11) is 0. The van der Waals surface area contributed by atoms with E-state index in [2.05, 4.69) is 26.9 Å². The molecule has 1 aromatic carbocycles. The minimum atomic E-state index is -0.542. The average Bonchev–Trinajstić information content (AvgIpc) is 3.31. The molecule has 2 heterocycles. The maximum atomic E-state index is 12.6. The summed E-state index contributed by atoms with van der Waals surface area (Å²) in [6.07, 6.45) is 12.5. The molecule has 6 rings (SSSR count). The van der Waals surface area contributed by atoms with Gasteiger partial charge in [0.1, 0.15) is 5.82 Å². The lowest BCUT2D eigenvalue weighted by atomic mass is 9.72. The summed E-state index contributed by atoms with van der Waals surface area (Å²) < 4.78 is 1.81. The number of nitrogens with one attached hydrogen (secondary N) is 2. The minimum Gasteiger partial charge on any atom is -0.390 e. The van der Waals surface area contributed by atoms with Crippen LogP contribution in [0.1, 0.15) is 74.2 Å². The normalized spacial score (nSPS) is 24.1. The molecule has 8 nitrogen and oxygen atoms in total. The largest absolute Gasteiger partial charge is 0.390 e. The summed E-state index contributed by atoms with van der Waals surface area (Å²) in [5.41, 5.74) is 7.60. The molecule has 3 N–H and O–H groups in total. The SMILES string of the molecule is Cc1cc(-c2cnn3ccc(N(CC4CC(C)(O)C4)NC4CCCC4)nc23)ccc1C(=O)NC1CC1. The van der Waals surface area contributed by atoms with Crippen LogP contribution < -0.4 is 15.8 Å². The van der Waals surface area contributed by atoms with Gasteiger partial charge < -0.3 is 10.4 Å². The highest BCUT2D eigenvalue weighted by Gasteiger charge is 2.39. The van der Waals surface area contributed by atoms with Gasteiger partial charge in [-0.2, -0.15) is 5.10 Å². The molecule has 0 saturated heterocycles. The van der Waals surface area contributed by atoms with Gasteiger partial charge in [0.05, 0.1) is 11.8 Å². The Morgan fingerprint density at radius 2 is 1.94 bits per heavy atom. The molecule has 1 amide bonds. The maximum absolute atomic E-state index is 12.6. The number of aryl methyl sites for hydroxylation is 1. The molecule has 0 unspecified atom stereocenters. The molecule has 190 valence electrons. The van der Waals surface area contributed by atoms with Crippen molar-refractivity contribution in [3.05, 3.63) is 47.8 Å². The molecule has 0 atom stereocenters. The van der Waals surface area contributed by atoms with Crippen LogP contribution in [0, 0.1) is 12.8 Å². The lowest BCUT2D eigenvalue weighted by Crippen LogP contribution is -2.52. The molecule has 3 fully saturated rings. The van der Waals surface area contributed by atoms with Gasteiger partial charge >= 0.3 is 0 Å². The number of benzene rings is 1. The van der Waals surface area contributed by atoms with Crippen LogP contribution in [0.5, 0.6) is 0 Å². The Bertz CT molecular complexity index is 1270. The number of carbonyl (C=O) groups is 1. The lowest BCUT2D eigenvalue weighted by molar-refractivity contribution is -0.0547. The van der Waals surface area contributed by atoms with Crippen molar-refractivity contribution in [1.82, 2.24) is 25.3 Å². The minimum absolute atomic E-state index is 0.00502. The summed E-state index contributed by atoms with van der Waals surface area (Å²) in [6.45, 7) is 4.73. The monoisotopic (exact) mass is 488 g/mol. The lowest BCUT2D eigenvalue weighted by Gasteiger charge is -2.43. The van der Waals surface area contributed by atoms with Crippen LogP contribution in [0.25, 0.3) is 16.8 Å². The van der Waals surface area contributed by atoms with Crippen molar-refractivity contribution >= 4 is 17.4 Å². The number of aromatic nitrogens is 3. The van der Waals surface area contributed by atoms with Crippen molar-refractivity contribution in [1.29, 1.82) is 0 Å². The van der Waals surface area contributed by atoms with Crippen molar-refractivity contribution in [3.8, 4) is 11.1 Å². The number of nitrogens with zero attached hydrogens (tertiary/aromatic N) is 4. The fraction of sp³-hybridized carbons (Fsp3) is 0.536. The summed E-state index contributed by atoms with van der Waals surface area (Å²) in [6, 6.07) is 8.77. The average molecular weight is 489 g/mol. The first-order valence-corrected chi connectivity index (χ1v) is 13.4. The summed E-state index contributed by atoms with van der Waals surface area (Å²) in [5, 5.41) is 20.1. The number of hydrogen-bond donors (Lipinski definition) is 3. The molecule has 0 spiro atoms. The molecule has 3 saturated carbocycles. The van der Waals surface area contributed by atoms with Gasteiger partial charge in [0, 0.05) is 42.0 Å². The second kappa shape index (κ2) is 9.16. The second-order valence-electron chi connectivity index (χ2n) is 11.4. The third kappa shape index (κ3) is 4.84. The van der Waals surface area contributed by atoms with Gasteiger partial charge in [0.15, 0.2) is 5.65 Å². The quantitative estimate of drug-likeness (QED) is 0.415. The van der Waals surface area contributed by atoms with Crippen molar-refractivity contribution < 1.29 is 9.90 Å². The summed E-state index contributed by atoms with van der Waals surface area (Å²) in [4.78, 5) is 17.6. The van der Waals surface area contributed by atoms with E-state index in [1.165, 1.54) is 25.7 Å². The third-order valence-electron chi connectivity index (χ3n) is 7.92. The fourth-order valence-electron chi connectivity index (χ4n) is 5.85. The Morgan fingerprint density at radius 3 is 2.64 bits per heavy atom. The molecule has 0 radical (unpaired) electrons. The van der Waals surface area contributed by atoms with Crippen molar-refractivity contribution in [2.45, 2.75) is 82.9 Å². The van der Waals surface area contributed by atoms with Gasteiger partial charge in [-0.3, -0.25) is 9.80 Å². The van der Waals surface area contributed by atoms with E-state index in [-0.39, 0.29) is 5.91 Å². The molecule has 3 aromatic rings. The zero-order valence-electron chi connectivity index (χ0n) is 21.2. The summed E-state index contributed by atoms with van der Waals surface area (Å²) in [5.74, 6) is 1.32. The highest BCUT2D eigenvalue weighted by molar-refractivity contribution is 5.96. The standard InChI is InChI=1S/C28H36N6O2/c1-18-13-20(7-10-23(18)27(35)30-21-8-9-21)24-16-29-33-12-11-25(31-26(24)33)34(32-22-5-3-4-6-22)17-19-14-28(2,36)15-19/h7,10-13,16,19,21-22,32,36H,3-6,8-9,14-15,17H2,1-2H3,(H,30,35). The van der Waals surface area contributed by atoms with Crippen LogP contribution >= 0.6 is 0 Å². The molecular weight excluding hydrogens is 452 g/mol. The van der Waals surface area contributed by atoms with Crippen LogP contribution in [0.15, 0.2) is 36.7 Å². The van der Waals surface area contributed by atoms with Crippen molar-refractivity contribution in [2.75, 3.05) is 11.6 Å². The summed E-state index contributed by atoms with van der Waals surface area (Å²) >= 11 is 0. The number of aliphatic hydroxyl groups is 1. The number of fused-ring (bicyclic) bond motifs is 1. The van der Waals surface area contributed by atoms with E-state index in [1.807, 2.05) is 49.0 Å². The molecular formula is C28H36N6O2. The van der Waals surface area contributed by atoms with E-state index in [0.29, 0.717) is 18.0 Å². The van der Waals surface area contributed by atoms with E-state index >= 15 is 0 Å². The van der Waals surface area contributed by atoms with Gasteiger partial charge in [-0.25, -0.2) is 14.9 Å². The van der Waals surface area contributed by atoms with E-state index in [4.69, 9.17) is 4.98 Å². The van der Waals surface area contributed by atoms with Gasteiger partial charge in [0.2, 0.25) is 0 Å². The zero-order valence-corrected chi connectivity index (χ0v) is 21.2. The first kappa shape index (κ1) is 23.4. The van der Waals surface area contributed by atoms with Gasteiger partial charge in [-0.05, 0) is 75.5 Å². The van der Waals surface area contributed by atoms with Crippen LogP contribution in [0.4, 0.5) is 5.82 Å². The van der Waals surface area contributed by atoms with E-state index in [0.717, 1.165) is 65.9 Å². The van der Waals surface area contributed by atoms with Crippen LogP contribution in [-0.4, -0.2) is 49.8 Å². The number of hydrazine groups is 1. The number of anilines is 1. The van der Waals surface area contributed by atoms with Crippen LogP contribution in [-0.2, 0) is 0 Å². The molecule has 8 heteroatoms. The Morgan fingerprint density at radius 1 is 1.17 bits per heavy atom. The maximum Gasteiger partial charge on any atom is 0.251 e. The smallest absolute Gasteiger partial charge is 0.251 e. The topological polar surface area (TPSA) is 94.8 Å². The van der Waals surface area contributed by atoms with E-state index in [1.54, 1.807) is 0 Å². The Hall–Kier alpha value is -2.97. The Labute approximate surface area is 212 Å². The number of rotatable bonds is 8. The van der Waals surface area contributed by atoms with Gasteiger partial charge in [0.25, 0.3) is 5.91 Å². The predicted molar refractivity (Wildman–Crippen MR) is 140 cm³/mol. The highest BCUT2D eigenvalue weighted by atomic mass is 16.3. The Balaban J connectivity index is 1.28. The molecule has 2 aromatic heterocycles. The van der Waals surface area contributed by atoms with Gasteiger partial charge in [-0.1, -0.05) is 25.0 Å².